The lowest BCUT2D eigenvalue weighted by molar-refractivity contribution is 0.0601. The monoisotopic (exact) mass is 241 g/mol. The topological polar surface area (TPSA) is 52.3 Å². The van der Waals surface area contributed by atoms with Gasteiger partial charge in [0.05, 0.1) is 17.0 Å². The predicted molar refractivity (Wildman–Crippen MR) is 62.6 cm³/mol. The summed E-state index contributed by atoms with van der Waals surface area (Å²) >= 11 is 7.25. The highest BCUT2D eigenvalue weighted by Gasteiger charge is 2.10. The molecule has 0 amide bonds. The molecule has 0 saturated heterocycles. The van der Waals surface area contributed by atoms with Gasteiger partial charge in [-0.15, -0.1) is 11.3 Å². The molecule has 2 N–H and O–H groups in total. The van der Waals surface area contributed by atoms with Crippen LogP contribution in [0.15, 0.2) is 18.2 Å². The van der Waals surface area contributed by atoms with E-state index >= 15 is 0 Å². The van der Waals surface area contributed by atoms with Gasteiger partial charge in [0, 0.05) is 15.8 Å². The van der Waals surface area contributed by atoms with E-state index < -0.39 is 5.97 Å². The summed E-state index contributed by atoms with van der Waals surface area (Å²) in [6.45, 7) is 0. The first-order valence-electron chi connectivity index (χ1n) is 4.18. The number of esters is 1. The molecule has 0 aliphatic heterocycles. The van der Waals surface area contributed by atoms with E-state index in [0.29, 0.717) is 15.6 Å². The summed E-state index contributed by atoms with van der Waals surface area (Å²) in [4.78, 5) is 11.3. The third-order valence-electron chi connectivity index (χ3n) is 2.06. The molecule has 1 heterocycles. The molecule has 78 valence electrons. The summed E-state index contributed by atoms with van der Waals surface area (Å²) in [5.41, 5.74) is 6.79. The molecule has 0 atom stereocenters. The number of methoxy groups -OCH3 is 1. The maximum Gasteiger partial charge on any atom is 0.337 e. The van der Waals surface area contributed by atoms with E-state index in [1.165, 1.54) is 18.4 Å². The first kappa shape index (κ1) is 10.3. The van der Waals surface area contributed by atoms with Gasteiger partial charge < -0.3 is 10.5 Å². The number of fused-ring (bicyclic) bond motifs is 1. The van der Waals surface area contributed by atoms with Crippen LogP contribution < -0.4 is 5.73 Å². The second-order valence-corrected chi connectivity index (χ2v) is 4.73. The SMILES string of the molecule is COC(=O)c1cc(N)c2cc(Cl)sc2c1. The van der Waals surface area contributed by atoms with Crippen LogP contribution in [0.3, 0.4) is 0 Å². The molecule has 2 rings (SSSR count). The fraction of sp³-hybridized carbons (Fsp3) is 0.100. The number of hydrogen-bond donors (Lipinski definition) is 1. The number of carbonyl (C=O) groups is 1. The largest absolute Gasteiger partial charge is 0.465 e. The van der Waals surface area contributed by atoms with E-state index in [1.807, 2.05) is 0 Å². The molecule has 15 heavy (non-hydrogen) atoms. The predicted octanol–water partition coefficient (Wildman–Crippen LogP) is 2.92. The molecule has 0 aliphatic carbocycles. The number of nitrogen functional groups attached to an aromatic ring is 1. The van der Waals surface area contributed by atoms with Crippen molar-refractivity contribution < 1.29 is 9.53 Å². The Bertz CT molecular complexity index is 535. The van der Waals surface area contributed by atoms with E-state index in [9.17, 15) is 4.79 Å². The summed E-state index contributed by atoms with van der Waals surface area (Å²) in [5, 5.41) is 0.873. The average Bonchev–Trinajstić information content (AvgIpc) is 2.58. The molecular weight excluding hydrogens is 234 g/mol. The molecular formula is C10H8ClNO2S. The highest BCUT2D eigenvalue weighted by atomic mass is 35.5. The minimum atomic E-state index is -0.395. The van der Waals surface area contributed by atoms with Crippen molar-refractivity contribution in [2.75, 3.05) is 12.8 Å². The minimum Gasteiger partial charge on any atom is -0.465 e. The summed E-state index contributed by atoms with van der Waals surface area (Å²) in [7, 11) is 1.34. The second kappa shape index (κ2) is 3.72. The van der Waals surface area contributed by atoms with Gasteiger partial charge in [0.25, 0.3) is 0 Å². The van der Waals surface area contributed by atoms with E-state index in [1.54, 1.807) is 18.2 Å². The zero-order valence-electron chi connectivity index (χ0n) is 7.91. The third kappa shape index (κ3) is 1.78. The number of nitrogens with two attached hydrogens (primary N) is 1. The van der Waals surface area contributed by atoms with Crippen LogP contribution >= 0.6 is 22.9 Å². The fourth-order valence-electron chi connectivity index (χ4n) is 1.37. The molecule has 0 bridgehead atoms. The molecule has 0 unspecified atom stereocenters. The lowest BCUT2D eigenvalue weighted by Crippen LogP contribution is -2.01. The number of rotatable bonds is 1. The van der Waals surface area contributed by atoms with Crippen molar-refractivity contribution >= 4 is 44.7 Å². The number of carbonyl (C=O) groups excluding carboxylic acids is 1. The molecule has 0 radical (unpaired) electrons. The van der Waals surface area contributed by atoms with E-state index in [-0.39, 0.29) is 0 Å². The zero-order chi connectivity index (χ0) is 11.0. The van der Waals surface area contributed by atoms with Gasteiger partial charge in [-0.25, -0.2) is 4.79 Å². The number of ether oxygens (including phenoxy) is 1. The van der Waals surface area contributed by atoms with Crippen LogP contribution in [0, 0.1) is 0 Å². The highest BCUT2D eigenvalue weighted by Crippen LogP contribution is 2.34. The number of benzene rings is 1. The van der Waals surface area contributed by atoms with E-state index in [0.717, 1.165) is 10.1 Å². The van der Waals surface area contributed by atoms with Crippen LogP contribution in [-0.4, -0.2) is 13.1 Å². The molecule has 2 aromatic rings. The molecule has 1 aromatic carbocycles. The Morgan fingerprint density at radius 1 is 1.47 bits per heavy atom. The lowest BCUT2D eigenvalue weighted by Gasteiger charge is -2.01. The zero-order valence-corrected chi connectivity index (χ0v) is 9.48. The van der Waals surface area contributed by atoms with Crippen LogP contribution in [-0.2, 0) is 4.74 Å². The van der Waals surface area contributed by atoms with Crippen molar-refractivity contribution in [3.8, 4) is 0 Å². The minimum absolute atomic E-state index is 0.395. The standard InChI is InChI=1S/C10H8ClNO2S/c1-14-10(13)5-2-7(12)6-4-9(11)15-8(6)3-5/h2-4H,12H2,1H3. The van der Waals surface area contributed by atoms with Gasteiger partial charge in [-0.3, -0.25) is 0 Å². The van der Waals surface area contributed by atoms with Gasteiger partial charge in [-0.2, -0.15) is 0 Å². The smallest absolute Gasteiger partial charge is 0.337 e. The first-order valence-corrected chi connectivity index (χ1v) is 5.38. The van der Waals surface area contributed by atoms with Gasteiger partial charge in [-0.05, 0) is 18.2 Å². The quantitative estimate of drug-likeness (QED) is 0.617. The van der Waals surface area contributed by atoms with Gasteiger partial charge in [0.15, 0.2) is 0 Å². The van der Waals surface area contributed by atoms with Gasteiger partial charge in [-0.1, -0.05) is 11.6 Å². The maximum absolute atomic E-state index is 11.3. The van der Waals surface area contributed by atoms with Crippen LogP contribution in [0.1, 0.15) is 10.4 Å². The van der Waals surface area contributed by atoms with Crippen LogP contribution in [0.25, 0.3) is 10.1 Å². The Balaban J connectivity index is 2.66. The van der Waals surface area contributed by atoms with Crippen LogP contribution in [0.4, 0.5) is 5.69 Å². The average molecular weight is 242 g/mol. The molecule has 1 aromatic heterocycles. The van der Waals surface area contributed by atoms with Gasteiger partial charge in [0.2, 0.25) is 0 Å². The van der Waals surface area contributed by atoms with Gasteiger partial charge in [0.1, 0.15) is 0 Å². The van der Waals surface area contributed by atoms with Crippen molar-refractivity contribution in [3.63, 3.8) is 0 Å². The number of hydrogen-bond acceptors (Lipinski definition) is 4. The lowest BCUT2D eigenvalue weighted by atomic mass is 10.1. The van der Waals surface area contributed by atoms with Crippen LogP contribution in [0.2, 0.25) is 4.34 Å². The molecule has 0 aliphatic rings. The molecule has 0 spiro atoms. The van der Waals surface area contributed by atoms with Crippen LogP contribution in [0.5, 0.6) is 0 Å². The Morgan fingerprint density at radius 3 is 2.87 bits per heavy atom. The number of halogens is 1. The number of anilines is 1. The van der Waals surface area contributed by atoms with Crippen molar-refractivity contribution in [2.45, 2.75) is 0 Å². The fourth-order valence-corrected chi connectivity index (χ4v) is 2.59. The summed E-state index contributed by atoms with van der Waals surface area (Å²) in [6, 6.07) is 5.11. The van der Waals surface area contributed by atoms with Gasteiger partial charge >= 0.3 is 5.97 Å². The Kier molecular flexibility index (Phi) is 2.54. The van der Waals surface area contributed by atoms with Crippen molar-refractivity contribution in [1.29, 1.82) is 0 Å². The summed E-state index contributed by atoms with van der Waals surface area (Å²) < 4.78 is 6.16. The molecule has 3 nitrogen and oxygen atoms in total. The Morgan fingerprint density at radius 2 is 2.20 bits per heavy atom. The van der Waals surface area contributed by atoms with Crippen molar-refractivity contribution in [1.82, 2.24) is 0 Å². The number of thiophene rings is 1. The van der Waals surface area contributed by atoms with Crippen molar-refractivity contribution in [3.05, 3.63) is 28.1 Å². The third-order valence-corrected chi connectivity index (χ3v) is 3.27. The summed E-state index contributed by atoms with van der Waals surface area (Å²) in [5.74, 6) is -0.395. The van der Waals surface area contributed by atoms with Crippen molar-refractivity contribution in [2.24, 2.45) is 0 Å². The molecule has 5 heteroatoms. The first-order chi connectivity index (χ1) is 7.11. The van der Waals surface area contributed by atoms with E-state index in [2.05, 4.69) is 4.74 Å². The Labute approximate surface area is 95.4 Å². The highest BCUT2D eigenvalue weighted by molar-refractivity contribution is 7.22. The second-order valence-electron chi connectivity index (χ2n) is 3.02. The Hall–Kier alpha value is -1.26. The molecule has 0 fully saturated rings. The summed E-state index contributed by atoms with van der Waals surface area (Å²) in [6.07, 6.45) is 0. The normalized spacial score (nSPS) is 10.5. The van der Waals surface area contributed by atoms with E-state index in [4.69, 9.17) is 17.3 Å². The maximum atomic E-state index is 11.3. The molecule has 0 saturated carbocycles.